The molecule has 4 nitrogen and oxygen atoms in total. The van der Waals surface area contributed by atoms with Gasteiger partial charge in [-0.2, -0.15) is 5.26 Å². The molecule has 0 heterocycles. The molecule has 0 saturated carbocycles. The van der Waals surface area contributed by atoms with Crippen LogP contribution in [0, 0.1) is 17.1 Å². The molecule has 6 heteroatoms. The van der Waals surface area contributed by atoms with Crippen molar-refractivity contribution >= 4 is 28.9 Å². The summed E-state index contributed by atoms with van der Waals surface area (Å²) in [4.78, 5) is 11.7. The quantitative estimate of drug-likeness (QED) is 0.910. The van der Waals surface area contributed by atoms with Crippen LogP contribution in [0.2, 0.25) is 5.02 Å². The van der Waals surface area contributed by atoms with Gasteiger partial charge in [0.25, 0.3) is 0 Å². The lowest BCUT2D eigenvalue weighted by Gasteiger charge is -2.09. The van der Waals surface area contributed by atoms with Gasteiger partial charge in [-0.25, -0.2) is 4.39 Å². The molecule has 0 unspecified atom stereocenters. The Morgan fingerprint density at radius 3 is 2.67 bits per heavy atom. The first-order chi connectivity index (χ1) is 10.1. The van der Waals surface area contributed by atoms with Gasteiger partial charge in [0.15, 0.2) is 0 Å². The fourth-order valence-corrected chi connectivity index (χ4v) is 1.91. The fraction of sp³-hybridized carbons (Fsp3) is 0.0667. The van der Waals surface area contributed by atoms with Crippen LogP contribution in [-0.2, 0) is 4.79 Å². The molecule has 0 saturated heterocycles. The van der Waals surface area contributed by atoms with Gasteiger partial charge in [0.2, 0.25) is 5.91 Å². The molecular formula is C15H11ClFN3O. The van der Waals surface area contributed by atoms with Crippen molar-refractivity contribution in [3.05, 3.63) is 58.9 Å². The minimum absolute atomic E-state index is 0.0695. The van der Waals surface area contributed by atoms with E-state index in [4.69, 9.17) is 16.9 Å². The number of halogens is 2. The summed E-state index contributed by atoms with van der Waals surface area (Å²) >= 11 is 5.97. The molecule has 21 heavy (non-hydrogen) atoms. The van der Waals surface area contributed by atoms with E-state index in [0.717, 1.165) is 0 Å². The molecule has 1 amide bonds. The van der Waals surface area contributed by atoms with E-state index >= 15 is 0 Å². The van der Waals surface area contributed by atoms with E-state index in [1.807, 2.05) is 6.07 Å². The Morgan fingerprint density at radius 1 is 1.24 bits per heavy atom. The van der Waals surface area contributed by atoms with Gasteiger partial charge in [-0.1, -0.05) is 23.7 Å². The number of benzene rings is 2. The number of nitrogens with one attached hydrogen (secondary N) is 2. The van der Waals surface area contributed by atoms with Gasteiger partial charge < -0.3 is 10.6 Å². The van der Waals surface area contributed by atoms with Crippen molar-refractivity contribution in [3.8, 4) is 6.07 Å². The van der Waals surface area contributed by atoms with Crippen LogP contribution in [-0.4, -0.2) is 12.5 Å². The van der Waals surface area contributed by atoms with Crippen molar-refractivity contribution in [1.29, 1.82) is 5.26 Å². The van der Waals surface area contributed by atoms with Crippen molar-refractivity contribution in [2.45, 2.75) is 0 Å². The number of hydrogen-bond donors (Lipinski definition) is 2. The number of nitriles is 1. The molecule has 0 fully saturated rings. The Hall–Kier alpha value is -2.58. The van der Waals surface area contributed by atoms with Crippen LogP contribution < -0.4 is 10.6 Å². The minimum Gasteiger partial charge on any atom is -0.375 e. The summed E-state index contributed by atoms with van der Waals surface area (Å²) in [5.41, 5.74) is 1.08. The van der Waals surface area contributed by atoms with Gasteiger partial charge in [0.05, 0.1) is 34.6 Å². The predicted molar refractivity (Wildman–Crippen MR) is 79.7 cm³/mol. The zero-order chi connectivity index (χ0) is 15.2. The Morgan fingerprint density at radius 2 is 2.00 bits per heavy atom. The highest BCUT2D eigenvalue weighted by molar-refractivity contribution is 6.33. The van der Waals surface area contributed by atoms with Crippen LogP contribution >= 0.6 is 11.6 Å². The molecule has 2 aromatic carbocycles. The zero-order valence-corrected chi connectivity index (χ0v) is 11.6. The number of carbonyl (C=O) groups is 1. The van der Waals surface area contributed by atoms with Crippen LogP contribution in [0.1, 0.15) is 5.56 Å². The molecule has 0 bridgehead atoms. The van der Waals surface area contributed by atoms with Gasteiger partial charge >= 0.3 is 0 Å². The lowest BCUT2D eigenvalue weighted by Crippen LogP contribution is -2.22. The number of hydrogen-bond acceptors (Lipinski definition) is 3. The van der Waals surface area contributed by atoms with Crippen LogP contribution in [0.5, 0.6) is 0 Å². The maximum Gasteiger partial charge on any atom is 0.243 e. The van der Waals surface area contributed by atoms with Crippen molar-refractivity contribution in [2.24, 2.45) is 0 Å². The summed E-state index contributed by atoms with van der Waals surface area (Å²) in [6.45, 7) is -0.0695. The average molecular weight is 304 g/mol. The summed E-state index contributed by atoms with van der Waals surface area (Å²) in [6.07, 6.45) is 0. The summed E-state index contributed by atoms with van der Waals surface area (Å²) in [6, 6.07) is 12.6. The van der Waals surface area contributed by atoms with Crippen LogP contribution in [0.3, 0.4) is 0 Å². The summed E-state index contributed by atoms with van der Waals surface area (Å²) in [7, 11) is 0. The number of carbonyl (C=O) groups excluding carboxylic acids is 1. The number of nitrogens with zero attached hydrogens (tertiary/aromatic N) is 1. The first kappa shape index (κ1) is 14.8. The van der Waals surface area contributed by atoms with Crippen LogP contribution in [0.25, 0.3) is 0 Å². The van der Waals surface area contributed by atoms with E-state index in [2.05, 4.69) is 10.6 Å². The molecule has 2 rings (SSSR count). The van der Waals surface area contributed by atoms with E-state index in [-0.39, 0.29) is 12.2 Å². The van der Waals surface area contributed by atoms with Gasteiger partial charge in [-0.3, -0.25) is 4.79 Å². The summed E-state index contributed by atoms with van der Waals surface area (Å²) < 4.78 is 13.4. The van der Waals surface area contributed by atoms with Crippen LogP contribution in [0.15, 0.2) is 42.5 Å². The highest BCUT2D eigenvalue weighted by Crippen LogP contribution is 2.22. The average Bonchev–Trinajstić information content (AvgIpc) is 2.48. The molecule has 2 aromatic rings. The molecular weight excluding hydrogens is 293 g/mol. The summed E-state index contributed by atoms with van der Waals surface area (Å²) in [5, 5.41) is 14.4. The van der Waals surface area contributed by atoms with Crippen molar-refractivity contribution in [3.63, 3.8) is 0 Å². The second kappa shape index (κ2) is 6.73. The first-order valence-corrected chi connectivity index (χ1v) is 6.46. The van der Waals surface area contributed by atoms with E-state index < -0.39 is 11.7 Å². The molecule has 2 N–H and O–H groups in total. The molecule has 0 aliphatic carbocycles. The number of anilines is 2. The van der Waals surface area contributed by atoms with Crippen molar-refractivity contribution in [1.82, 2.24) is 0 Å². The maximum absolute atomic E-state index is 13.4. The summed E-state index contributed by atoms with van der Waals surface area (Å²) in [5.74, 6) is -0.900. The third-order valence-corrected chi connectivity index (χ3v) is 3.00. The second-order valence-corrected chi connectivity index (χ2v) is 4.60. The van der Waals surface area contributed by atoms with E-state index in [1.165, 1.54) is 18.2 Å². The maximum atomic E-state index is 13.4. The molecule has 0 aliphatic rings. The molecule has 0 radical (unpaired) electrons. The Balaban J connectivity index is 1.96. The van der Waals surface area contributed by atoms with Gasteiger partial charge in [0, 0.05) is 0 Å². The van der Waals surface area contributed by atoms with Gasteiger partial charge in [0.1, 0.15) is 5.82 Å². The SMILES string of the molecule is N#Cc1ccc(NCC(=O)Nc2ccccc2F)c(Cl)c1. The predicted octanol–water partition coefficient (Wildman–Crippen LogP) is 3.40. The molecule has 0 atom stereocenters. The normalized spacial score (nSPS) is 9.76. The number of amides is 1. The fourth-order valence-electron chi connectivity index (χ4n) is 1.66. The minimum atomic E-state index is -0.498. The standard InChI is InChI=1S/C15H11ClFN3O/c16-11-7-10(8-18)5-6-13(11)19-9-15(21)20-14-4-2-1-3-12(14)17/h1-7,19H,9H2,(H,20,21). The Bertz CT molecular complexity index is 712. The van der Waals surface area contributed by atoms with Crippen molar-refractivity contribution < 1.29 is 9.18 Å². The second-order valence-electron chi connectivity index (χ2n) is 4.19. The van der Waals surface area contributed by atoms with Crippen molar-refractivity contribution in [2.75, 3.05) is 17.2 Å². The molecule has 0 aromatic heterocycles. The number of rotatable bonds is 4. The topological polar surface area (TPSA) is 64.9 Å². The Kier molecular flexibility index (Phi) is 4.75. The third-order valence-electron chi connectivity index (χ3n) is 2.69. The molecule has 0 spiro atoms. The zero-order valence-electron chi connectivity index (χ0n) is 10.9. The lowest BCUT2D eigenvalue weighted by atomic mass is 10.2. The Labute approximate surface area is 126 Å². The van der Waals surface area contributed by atoms with E-state index in [0.29, 0.717) is 16.3 Å². The number of para-hydroxylation sites is 1. The van der Waals surface area contributed by atoms with Gasteiger partial charge in [-0.05, 0) is 30.3 Å². The molecule has 106 valence electrons. The highest BCUT2D eigenvalue weighted by atomic mass is 35.5. The molecule has 0 aliphatic heterocycles. The van der Waals surface area contributed by atoms with E-state index in [9.17, 15) is 9.18 Å². The third kappa shape index (κ3) is 3.94. The monoisotopic (exact) mass is 303 g/mol. The van der Waals surface area contributed by atoms with Gasteiger partial charge in [-0.15, -0.1) is 0 Å². The largest absolute Gasteiger partial charge is 0.375 e. The first-order valence-electron chi connectivity index (χ1n) is 6.08. The highest BCUT2D eigenvalue weighted by Gasteiger charge is 2.07. The lowest BCUT2D eigenvalue weighted by molar-refractivity contribution is -0.114. The smallest absolute Gasteiger partial charge is 0.243 e. The van der Waals surface area contributed by atoms with Crippen LogP contribution in [0.4, 0.5) is 15.8 Å². The van der Waals surface area contributed by atoms with E-state index in [1.54, 1.807) is 24.3 Å².